The summed E-state index contributed by atoms with van der Waals surface area (Å²) >= 11 is 0. The van der Waals surface area contributed by atoms with Gasteiger partial charge in [0.2, 0.25) is 0 Å². The van der Waals surface area contributed by atoms with Crippen LogP contribution in [0.1, 0.15) is 51.3 Å². The maximum Gasteiger partial charge on any atom is 0.411 e. The number of nitrogens with zero attached hydrogens (tertiary/aromatic N) is 3. The Kier molecular flexibility index (Phi) is 9.15. The Morgan fingerprint density at radius 1 is 1.25 bits per heavy atom. The molecule has 0 bridgehead atoms. The van der Waals surface area contributed by atoms with Crippen molar-refractivity contribution in [3.05, 3.63) is 23.5 Å². The zero-order valence-corrected chi connectivity index (χ0v) is 19.6. The minimum atomic E-state index is -4.28. The zero-order valence-electron chi connectivity index (χ0n) is 19.6. The van der Waals surface area contributed by atoms with Crippen molar-refractivity contribution in [2.75, 3.05) is 40.4 Å². The standard InChI is InChI=1S/C22H35F3N4O3/c1-21(2,3)32-20(30)29(5)11-10-28(4)13-18-12-26-27-19(18)17-8-6-16(7-9-17)14-31-15-22(23,24)25/h8,12,16H,6-7,9-11,13-15H2,1-5H3,(H,26,27). The summed E-state index contributed by atoms with van der Waals surface area (Å²) in [6.07, 6.45) is 1.45. The highest BCUT2D eigenvalue weighted by Crippen LogP contribution is 2.31. The molecule has 1 aromatic rings. The molecule has 1 N–H and O–H groups in total. The number of hydrogen-bond acceptors (Lipinski definition) is 5. The predicted molar refractivity (Wildman–Crippen MR) is 116 cm³/mol. The largest absolute Gasteiger partial charge is 0.444 e. The van der Waals surface area contributed by atoms with Gasteiger partial charge in [-0.3, -0.25) is 5.10 Å². The first-order chi connectivity index (χ1) is 14.8. The van der Waals surface area contributed by atoms with Crippen LogP contribution in [0.5, 0.6) is 0 Å². The third-order valence-electron chi connectivity index (χ3n) is 5.14. The topological polar surface area (TPSA) is 70.7 Å². The fourth-order valence-electron chi connectivity index (χ4n) is 3.44. The number of allylic oxidation sites excluding steroid dienone is 2. The van der Waals surface area contributed by atoms with Crippen molar-refractivity contribution < 1.29 is 27.4 Å². The van der Waals surface area contributed by atoms with Crippen LogP contribution < -0.4 is 0 Å². The smallest absolute Gasteiger partial charge is 0.411 e. The molecule has 0 saturated carbocycles. The Bertz CT molecular complexity index is 771. The van der Waals surface area contributed by atoms with E-state index in [9.17, 15) is 18.0 Å². The molecule has 1 amide bonds. The zero-order chi connectivity index (χ0) is 23.9. The lowest BCUT2D eigenvalue weighted by atomic mass is 9.88. The molecular formula is C22H35F3N4O3. The second-order valence-electron chi connectivity index (χ2n) is 9.41. The van der Waals surface area contributed by atoms with Crippen LogP contribution >= 0.6 is 0 Å². The summed E-state index contributed by atoms with van der Waals surface area (Å²) in [6.45, 7) is 6.28. The molecule has 7 nitrogen and oxygen atoms in total. The Hall–Kier alpha value is -2.07. The number of likely N-dealkylation sites (N-methyl/N-ethyl adjacent to an activating group) is 2. The molecule has 1 unspecified atom stereocenters. The van der Waals surface area contributed by atoms with Gasteiger partial charge in [-0.25, -0.2) is 4.79 Å². The minimum absolute atomic E-state index is 0.0959. The van der Waals surface area contributed by atoms with Gasteiger partial charge < -0.3 is 19.3 Å². The summed E-state index contributed by atoms with van der Waals surface area (Å²) in [5.41, 5.74) is 2.61. The first-order valence-electron chi connectivity index (χ1n) is 10.8. The van der Waals surface area contributed by atoms with E-state index in [4.69, 9.17) is 9.47 Å². The normalized spacial score (nSPS) is 17.4. The summed E-state index contributed by atoms with van der Waals surface area (Å²) in [7, 11) is 3.69. The Morgan fingerprint density at radius 3 is 2.56 bits per heavy atom. The van der Waals surface area contributed by atoms with Gasteiger partial charge in [0.25, 0.3) is 0 Å². The van der Waals surface area contributed by atoms with Gasteiger partial charge in [-0.2, -0.15) is 18.3 Å². The van der Waals surface area contributed by atoms with Gasteiger partial charge >= 0.3 is 12.3 Å². The summed E-state index contributed by atoms with van der Waals surface area (Å²) in [4.78, 5) is 15.8. The number of H-pyrrole nitrogens is 1. The van der Waals surface area contributed by atoms with Gasteiger partial charge in [-0.1, -0.05) is 6.08 Å². The number of amides is 1. The molecule has 0 aliphatic heterocycles. The molecule has 1 aromatic heterocycles. The average Bonchev–Trinajstić information content (AvgIpc) is 3.12. The van der Waals surface area contributed by atoms with Gasteiger partial charge in [-0.05, 0) is 58.6 Å². The highest BCUT2D eigenvalue weighted by molar-refractivity contribution is 5.67. The molecule has 0 fully saturated rings. The summed E-state index contributed by atoms with van der Waals surface area (Å²) < 4.78 is 46.9. The molecular weight excluding hydrogens is 425 g/mol. The minimum Gasteiger partial charge on any atom is -0.444 e. The third-order valence-corrected chi connectivity index (χ3v) is 5.14. The van der Waals surface area contributed by atoms with E-state index in [0.717, 1.165) is 29.7 Å². The molecule has 1 aliphatic carbocycles. The molecule has 0 radical (unpaired) electrons. The summed E-state index contributed by atoms with van der Waals surface area (Å²) in [5.74, 6) is 0.0959. The second kappa shape index (κ2) is 11.2. The van der Waals surface area contributed by atoms with Crippen molar-refractivity contribution in [3.63, 3.8) is 0 Å². The maximum absolute atomic E-state index is 12.2. The molecule has 32 heavy (non-hydrogen) atoms. The van der Waals surface area contributed by atoms with Gasteiger partial charge in [0.05, 0.1) is 18.5 Å². The number of hydrogen-bond donors (Lipinski definition) is 1. The predicted octanol–water partition coefficient (Wildman–Crippen LogP) is 4.47. The van der Waals surface area contributed by atoms with Crippen LogP contribution in [0.2, 0.25) is 0 Å². The van der Waals surface area contributed by atoms with E-state index in [-0.39, 0.29) is 18.6 Å². The first-order valence-corrected chi connectivity index (χ1v) is 10.8. The summed E-state index contributed by atoms with van der Waals surface area (Å²) in [6, 6.07) is 0. The molecule has 0 spiro atoms. The number of carbonyl (C=O) groups is 1. The van der Waals surface area contributed by atoms with Crippen molar-refractivity contribution in [2.45, 2.75) is 58.4 Å². The SMILES string of the molecule is CN(CCN(C)C(=O)OC(C)(C)C)Cc1cn[nH]c1C1=CCC(COCC(F)(F)F)CC1. The van der Waals surface area contributed by atoms with Crippen LogP contribution in [0.25, 0.3) is 5.57 Å². The van der Waals surface area contributed by atoms with Crippen molar-refractivity contribution in [3.8, 4) is 0 Å². The number of rotatable bonds is 9. The fourth-order valence-corrected chi connectivity index (χ4v) is 3.44. The molecule has 2 rings (SSSR count). The van der Waals surface area contributed by atoms with Crippen molar-refractivity contribution >= 4 is 11.7 Å². The number of alkyl halides is 3. The monoisotopic (exact) mass is 460 g/mol. The number of nitrogens with one attached hydrogen (secondary N) is 1. The van der Waals surface area contributed by atoms with E-state index in [1.807, 2.05) is 27.8 Å². The van der Waals surface area contributed by atoms with E-state index in [2.05, 4.69) is 21.2 Å². The Labute approximate surface area is 187 Å². The van der Waals surface area contributed by atoms with E-state index in [1.54, 1.807) is 18.1 Å². The van der Waals surface area contributed by atoms with Crippen LogP contribution in [-0.4, -0.2) is 78.3 Å². The lowest BCUT2D eigenvalue weighted by Gasteiger charge is -2.26. The maximum atomic E-state index is 12.2. The molecule has 0 aromatic carbocycles. The number of ether oxygens (including phenoxy) is 2. The molecule has 0 saturated heterocycles. The van der Waals surface area contributed by atoms with E-state index in [1.165, 1.54) is 0 Å². The van der Waals surface area contributed by atoms with Crippen LogP contribution in [0.3, 0.4) is 0 Å². The van der Waals surface area contributed by atoms with E-state index >= 15 is 0 Å². The van der Waals surface area contributed by atoms with Crippen molar-refractivity contribution in [1.29, 1.82) is 0 Å². The van der Waals surface area contributed by atoms with E-state index < -0.39 is 18.4 Å². The van der Waals surface area contributed by atoms with Gasteiger partial charge in [0.15, 0.2) is 0 Å². The van der Waals surface area contributed by atoms with Crippen LogP contribution in [0.4, 0.5) is 18.0 Å². The third kappa shape index (κ3) is 9.20. The molecule has 1 atom stereocenters. The second-order valence-corrected chi connectivity index (χ2v) is 9.41. The van der Waals surface area contributed by atoms with Gasteiger partial charge in [0.1, 0.15) is 12.2 Å². The quantitative estimate of drug-likeness (QED) is 0.589. The number of aromatic amines is 1. The Balaban J connectivity index is 1.83. The van der Waals surface area contributed by atoms with Crippen LogP contribution in [-0.2, 0) is 16.0 Å². The first kappa shape index (κ1) is 26.2. The molecule has 10 heteroatoms. The molecule has 1 aliphatic rings. The number of aromatic nitrogens is 2. The molecule has 1 heterocycles. The van der Waals surface area contributed by atoms with Crippen molar-refractivity contribution in [2.24, 2.45) is 5.92 Å². The highest BCUT2D eigenvalue weighted by atomic mass is 19.4. The number of carbonyl (C=O) groups excluding carboxylic acids is 1. The summed E-state index contributed by atoms with van der Waals surface area (Å²) in [5, 5.41) is 7.24. The van der Waals surface area contributed by atoms with Crippen LogP contribution in [0, 0.1) is 5.92 Å². The number of halogens is 3. The van der Waals surface area contributed by atoms with Gasteiger partial charge in [0, 0.05) is 32.2 Å². The van der Waals surface area contributed by atoms with Crippen LogP contribution in [0.15, 0.2) is 12.3 Å². The average molecular weight is 461 g/mol. The lowest BCUT2D eigenvalue weighted by molar-refractivity contribution is -0.176. The lowest BCUT2D eigenvalue weighted by Crippen LogP contribution is -2.38. The van der Waals surface area contributed by atoms with Crippen molar-refractivity contribution in [1.82, 2.24) is 20.0 Å². The molecule has 182 valence electrons. The Morgan fingerprint density at radius 2 is 1.97 bits per heavy atom. The fraction of sp³-hybridized carbons (Fsp3) is 0.727. The van der Waals surface area contributed by atoms with E-state index in [0.29, 0.717) is 26.1 Å². The van der Waals surface area contributed by atoms with Gasteiger partial charge in [-0.15, -0.1) is 0 Å². The highest BCUT2D eigenvalue weighted by Gasteiger charge is 2.28.